The summed E-state index contributed by atoms with van der Waals surface area (Å²) in [5, 5.41) is 5.00. The average Bonchev–Trinajstić information content (AvgIpc) is 3.12. The Hall–Kier alpha value is -2.30. The molecule has 2 heterocycles. The Kier molecular flexibility index (Phi) is 5.23. The van der Waals surface area contributed by atoms with E-state index in [2.05, 4.69) is 52.8 Å². The zero-order chi connectivity index (χ0) is 17.8. The maximum Gasteiger partial charge on any atom is 0.0694 e. The number of aromatic nitrogens is 1. The molecule has 1 saturated heterocycles. The van der Waals surface area contributed by atoms with Crippen molar-refractivity contribution in [1.82, 2.24) is 4.98 Å². The standard InChI is InChI=1S/C22H26N2O2/c1-25-10-7-16-13-18-15-20(17-5-3-2-4-6-17)24-22(18)21(14-16)23-19-8-11-26-12-9-19/h2-6,13-15,19,23-24H,7-12H2,1H3. The third kappa shape index (κ3) is 3.76. The van der Waals surface area contributed by atoms with Crippen LogP contribution in [-0.2, 0) is 15.9 Å². The van der Waals surface area contributed by atoms with Crippen LogP contribution in [-0.4, -0.2) is 38.0 Å². The zero-order valence-corrected chi connectivity index (χ0v) is 15.3. The predicted octanol–water partition coefficient (Wildman–Crippen LogP) is 4.61. The minimum Gasteiger partial charge on any atom is -0.384 e. The average molecular weight is 350 g/mol. The van der Waals surface area contributed by atoms with Crippen LogP contribution >= 0.6 is 0 Å². The third-order valence-corrected chi connectivity index (χ3v) is 5.05. The molecule has 0 aliphatic carbocycles. The first-order valence-electron chi connectivity index (χ1n) is 9.38. The summed E-state index contributed by atoms with van der Waals surface area (Å²) in [5.41, 5.74) is 6.02. The lowest BCUT2D eigenvalue weighted by Crippen LogP contribution is -2.28. The highest BCUT2D eigenvalue weighted by molar-refractivity contribution is 5.95. The summed E-state index contributed by atoms with van der Waals surface area (Å²) in [4.78, 5) is 3.63. The van der Waals surface area contributed by atoms with Crippen molar-refractivity contribution in [3.63, 3.8) is 0 Å². The van der Waals surface area contributed by atoms with Gasteiger partial charge in [0.25, 0.3) is 0 Å². The van der Waals surface area contributed by atoms with E-state index in [1.165, 1.54) is 27.7 Å². The number of hydrogen-bond donors (Lipinski definition) is 2. The van der Waals surface area contributed by atoms with E-state index in [-0.39, 0.29) is 0 Å². The molecule has 136 valence electrons. The van der Waals surface area contributed by atoms with E-state index in [0.29, 0.717) is 6.04 Å². The van der Waals surface area contributed by atoms with Gasteiger partial charge in [-0.15, -0.1) is 0 Å². The fraction of sp³-hybridized carbons (Fsp3) is 0.364. The molecule has 4 nitrogen and oxygen atoms in total. The van der Waals surface area contributed by atoms with Crippen LogP contribution in [0.25, 0.3) is 22.2 Å². The minimum atomic E-state index is 0.466. The predicted molar refractivity (Wildman–Crippen MR) is 107 cm³/mol. The number of nitrogens with one attached hydrogen (secondary N) is 2. The van der Waals surface area contributed by atoms with Gasteiger partial charge in [0.1, 0.15) is 0 Å². The molecule has 0 amide bonds. The van der Waals surface area contributed by atoms with Crippen molar-refractivity contribution in [3.8, 4) is 11.3 Å². The smallest absolute Gasteiger partial charge is 0.0694 e. The van der Waals surface area contributed by atoms with Gasteiger partial charge in [-0.2, -0.15) is 0 Å². The van der Waals surface area contributed by atoms with Crippen molar-refractivity contribution in [3.05, 3.63) is 54.1 Å². The lowest BCUT2D eigenvalue weighted by Gasteiger charge is -2.24. The number of rotatable bonds is 6. The van der Waals surface area contributed by atoms with E-state index in [1.54, 1.807) is 7.11 Å². The molecule has 0 spiro atoms. The van der Waals surface area contributed by atoms with Gasteiger partial charge in [-0.05, 0) is 48.6 Å². The van der Waals surface area contributed by atoms with Crippen LogP contribution in [0, 0.1) is 0 Å². The van der Waals surface area contributed by atoms with Crippen molar-refractivity contribution < 1.29 is 9.47 Å². The van der Waals surface area contributed by atoms with Crippen LogP contribution in [0.5, 0.6) is 0 Å². The van der Waals surface area contributed by atoms with Gasteiger partial charge in [-0.25, -0.2) is 0 Å². The molecule has 4 heteroatoms. The van der Waals surface area contributed by atoms with Gasteiger partial charge in [-0.1, -0.05) is 30.3 Å². The summed E-state index contributed by atoms with van der Waals surface area (Å²) in [5.74, 6) is 0. The summed E-state index contributed by atoms with van der Waals surface area (Å²) in [6, 6.07) is 17.7. The second kappa shape index (κ2) is 7.94. The van der Waals surface area contributed by atoms with Crippen LogP contribution < -0.4 is 5.32 Å². The molecule has 3 aromatic rings. The molecule has 1 aliphatic heterocycles. The number of ether oxygens (including phenoxy) is 2. The van der Waals surface area contributed by atoms with Crippen LogP contribution in [0.2, 0.25) is 0 Å². The fourth-order valence-corrected chi connectivity index (χ4v) is 3.62. The summed E-state index contributed by atoms with van der Waals surface area (Å²) in [7, 11) is 1.75. The maximum atomic E-state index is 5.50. The van der Waals surface area contributed by atoms with Crippen molar-refractivity contribution in [1.29, 1.82) is 0 Å². The quantitative estimate of drug-likeness (QED) is 0.682. The number of anilines is 1. The van der Waals surface area contributed by atoms with Crippen molar-refractivity contribution in [2.24, 2.45) is 0 Å². The van der Waals surface area contributed by atoms with Gasteiger partial charge in [-0.3, -0.25) is 0 Å². The number of hydrogen-bond acceptors (Lipinski definition) is 3. The Morgan fingerprint density at radius 1 is 1.12 bits per heavy atom. The van der Waals surface area contributed by atoms with Gasteiger partial charge in [0.2, 0.25) is 0 Å². The first-order chi connectivity index (χ1) is 12.8. The molecule has 1 aromatic heterocycles. The van der Waals surface area contributed by atoms with Crippen LogP contribution in [0.3, 0.4) is 0 Å². The van der Waals surface area contributed by atoms with Gasteiger partial charge in [0, 0.05) is 37.4 Å². The summed E-state index contributed by atoms with van der Waals surface area (Å²) >= 11 is 0. The van der Waals surface area contributed by atoms with Gasteiger partial charge >= 0.3 is 0 Å². The van der Waals surface area contributed by atoms with Gasteiger partial charge in [0.05, 0.1) is 17.8 Å². The lowest BCUT2D eigenvalue weighted by molar-refractivity contribution is 0.0905. The molecule has 0 bridgehead atoms. The van der Waals surface area contributed by atoms with Gasteiger partial charge in [0.15, 0.2) is 0 Å². The van der Waals surface area contributed by atoms with Crippen LogP contribution in [0.4, 0.5) is 5.69 Å². The second-order valence-corrected chi connectivity index (χ2v) is 6.93. The monoisotopic (exact) mass is 350 g/mol. The normalized spacial score (nSPS) is 15.4. The highest BCUT2D eigenvalue weighted by Gasteiger charge is 2.16. The molecule has 0 radical (unpaired) electrons. The van der Waals surface area contributed by atoms with Crippen molar-refractivity contribution in [2.45, 2.75) is 25.3 Å². The first kappa shape index (κ1) is 17.1. The summed E-state index contributed by atoms with van der Waals surface area (Å²) in [6.07, 6.45) is 3.02. The van der Waals surface area contributed by atoms with E-state index >= 15 is 0 Å². The molecular formula is C22H26N2O2. The molecule has 4 rings (SSSR count). The SMILES string of the molecule is COCCc1cc(NC2CCOCC2)c2[nH]c(-c3ccccc3)cc2c1. The zero-order valence-electron chi connectivity index (χ0n) is 15.3. The Labute approximate surface area is 154 Å². The Morgan fingerprint density at radius 2 is 1.92 bits per heavy atom. The topological polar surface area (TPSA) is 46.3 Å². The van der Waals surface area contributed by atoms with Crippen molar-refractivity contribution >= 4 is 16.6 Å². The molecule has 0 atom stereocenters. The largest absolute Gasteiger partial charge is 0.384 e. The first-order valence-corrected chi connectivity index (χ1v) is 9.38. The number of H-pyrrole nitrogens is 1. The second-order valence-electron chi connectivity index (χ2n) is 6.93. The maximum absolute atomic E-state index is 5.50. The summed E-state index contributed by atoms with van der Waals surface area (Å²) in [6.45, 7) is 2.41. The summed E-state index contributed by atoms with van der Waals surface area (Å²) < 4.78 is 10.8. The fourth-order valence-electron chi connectivity index (χ4n) is 3.62. The molecule has 1 fully saturated rings. The lowest BCUT2D eigenvalue weighted by atomic mass is 10.0. The molecule has 2 N–H and O–H groups in total. The van der Waals surface area contributed by atoms with Gasteiger partial charge < -0.3 is 19.8 Å². The third-order valence-electron chi connectivity index (χ3n) is 5.05. The molecule has 26 heavy (non-hydrogen) atoms. The van der Waals surface area contributed by atoms with E-state index < -0.39 is 0 Å². The molecule has 0 unspecified atom stereocenters. The number of aromatic amines is 1. The Bertz CT molecular complexity index is 851. The molecule has 0 saturated carbocycles. The highest BCUT2D eigenvalue weighted by atomic mass is 16.5. The van der Waals surface area contributed by atoms with Crippen LogP contribution in [0.1, 0.15) is 18.4 Å². The van der Waals surface area contributed by atoms with E-state index in [4.69, 9.17) is 9.47 Å². The Morgan fingerprint density at radius 3 is 2.69 bits per heavy atom. The van der Waals surface area contributed by atoms with Crippen molar-refractivity contribution in [2.75, 3.05) is 32.2 Å². The number of methoxy groups -OCH3 is 1. The Balaban J connectivity index is 1.72. The molecular weight excluding hydrogens is 324 g/mol. The molecule has 1 aliphatic rings. The number of fused-ring (bicyclic) bond motifs is 1. The van der Waals surface area contributed by atoms with E-state index in [9.17, 15) is 0 Å². The number of benzene rings is 2. The van der Waals surface area contributed by atoms with Crippen LogP contribution in [0.15, 0.2) is 48.5 Å². The highest BCUT2D eigenvalue weighted by Crippen LogP contribution is 2.31. The van der Waals surface area contributed by atoms with E-state index in [0.717, 1.165) is 44.8 Å². The molecule has 2 aromatic carbocycles. The van der Waals surface area contributed by atoms with E-state index in [1.807, 2.05) is 6.07 Å². The minimum absolute atomic E-state index is 0.466.